The smallest absolute Gasteiger partial charge is 0.280 e. The summed E-state index contributed by atoms with van der Waals surface area (Å²) in [4.78, 5) is 21.3. The molecule has 2 aromatic rings. The van der Waals surface area contributed by atoms with Crippen LogP contribution < -0.4 is 5.73 Å². The third-order valence-corrected chi connectivity index (χ3v) is 3.74. The number of nitrogens with two attached hydrogens (primary N) is 1. The van der Waals surface area contributed by atoms with Crippen LogP contribution in [0.15, 0.2) is 23.1 Å². The monoisotopic (exact) mass is 311 g/mol. The van der Waals surface area contributed by atoms with Crippen molar-refractivity contribution in [2.45, 2.75) is 4.90 Å². The average Bonchev–Trinajstić information content (AvgIpc) is 2.85. The molecule has 0 spiro atoms. The Kier molecular flexibility index (Phi) is 3.43. The summed E-state index contributed by atoms with van der Waals surface area (Å²) in [5, 5.41) is 20.4. The van der Waals surface area contributed by atoms with Crippen LogP contribution in [0.3, 0.4) is 0 Å². The molecule has 0 unspecified atom stereocenters. The Morgan fingerprint density at radius 2 is 2.05 bits per heavy atom. The second-order valence-corrected chi connectivity index (χ2v) is 6.11. The minimum atomic E-state index is -3.61. The van der Waals surface area contributed by atoms with Gasteiger partial charge in [0.2, 0.25) is 0 Å². The van der Waals surface area contributed by atoms with E-state index in [1.807, 2.05) is 0 Å². The number of sulfone groups is 1. The molecule has 0 bridgehead atoms. The maximum Gasteiger partial charge on any atom is 0.280 e. The van der Waals surface area contributed by atoms with E-state index in [9.17, 15) is 23.3 Å². The Balaban J connectivity index is 2.73. The predicted octanol–water partition coefficient (Wildman–Crippen LogP) is -0.118. The van der Waals surface area contributed by atoms with Crippen molar-refractivity contribution in [1.82, 2.24) is 15.4 Å². The summed E-state index contributed by atoms with van der Waals surface area (Å²) in [6, 6.07) is 3.25. The van der Waals surface area contributed by atoms with Crippen molar-refractivity contribution < 1.29 is 18.1 Å². The number of nitrogens with one attached hydrogen (secondary N) is 1. The number of aromatic amines is 1. The van der Waals surface area contributed by atoms with Gasteiger partial charge in [-0.15, -0.1) is 0 Å². The second kappa shape index (κ2) is 4.94. The Morgan fingerprint density at radius 3 is 2.57 bits per heavy atom. The van der Waals surface area contributed by atoms with Gasteiger partial charge in [0.05, 0.1) is 15.4 Å². The first-order valence-corrected chi connectivity index (χ1v) is 7.30. The molecule has 2 rings (SSSR count). The molecule has 0 atom stereocenters. The number of rotatable bonds is 4. The number of hydrogen-bond donors (Lipinski definition) is 2. The van der Waals surface area contributed by atoms with Crippen LogP contribution in [0.2, 0.25) is 0 Å². The first-order valence-electron chi connectivity index (χ1n) is 5.41. The minimum absolute atomic E-state index is 0.0602. The number of nitro groups is 1. The molecule has 1 aromatic heterocycles. The van der Waals surface area contributed by atoms with Crippen LogP contribution in [-0.2, 0) is 9.84 Å². The first-order chi connectivity index (χ1) is 9.71. The van der Waals surface area contributed by atoms with Crippen LogP contribution >= 0.6 is 0 Å². The van der Waals surface area contributed by atoms with E-state index in [0.29, 0.717) is 0 Å². The molecular weight excluding hydrogens is 302 g/mol. The molecule has 0 aliphatic carbocycles. The number of nitro benzene ring substituents is 1. The SMILES string of the molecule is CS(=O)(=O)c1ccc(-c2n[nH]nc2C(N)=O)c([N+](=O)[O-])c1. The highest BCUT2D eigenvalue weighted by molar-refractivity contribution is 7.90. The van der Waals surface area contributed by atoms with Crippen LogP contribution in [-0.4, -0.2) is 40.9 Å². The summed E-state index contributed by atoms with van der Waals surface area (Å²) < 4.78 is 22.9. The third kappa shape index (κ3) is 2.72. The summed E-state index contributed by atoms with van der Waals surface area (Å²) in [5.74, 6) is -0.916. The van der Waals surface area contributed by atoms with Crippen LogP contribution in [0.25, 0.3) is 11.3 Å². The number of carbonyl (C=O) groups is 1. The van der Waals surface area contributed by atoms with Crippen molar-refractivity contribution in [2.24, 2.45) is 5.73 Å². The van der Waals surface area contributed by atoms with Crippen molar-refractivity contribution in [3.05, 3.63) is 34.0 Å². The number of primary amides is 1. The summed E-state index contributed by atoms with van der Waals surface area (Å²) in [5.41, 5.74) is 4.13. The molecule has 110 valence electrons. The largest absolute Gasteiger partial charge is 0.364 e. The van der Waals surface area contributed by atoms with E-state index in [2.05, 4.69) is 15.4 Å². The van der Waals surface area contributed by atoms with Crippen molar-refractivity contribution in [1.29, 1.82) is 0 Å². The van der Waals surface area contributed by atoms with E-state index >= 15 is 0 Å². The van der Waals surface area contributed by atoms with Gasteiger partial charge in [-0.1, -0.05) is 0 Å². The summed E-state index contributed by atoms with van der Waals surface area (Å²) in [6.07, 6.45) is 0.927. The molecule has 10 nitrogen and oxygen atoms in total. The van der Waals surface area contributed by atoms with Gasteiger partial charge in [0.1, 0.15) is 5.69 Å². The number of benzene rings is 1. The normalized spacial score (nSPS) is 11.3. The van der Waals surface area contributed by atoms with E-state index in [1.165, 1.54) is 12.1 Å². The van der Waals surface area contributed by atoms with Gasteiger partial charge in [-0.2, -0.15) is 15.4 Å². The van der Waals surface area contributed by atoms with Gasteiger partial charge in [-0.05, 0) is 12.1 Å². The number of nitrogens with zero attached hydrogens (tertiary/aromatic N) is 3. The lowest BCUT2D eigenvalue weighted by molar-refractivity contribution is -0.384. The van der Waals surface area contributed by atoms with Gasteiger partial charge in [-0.25, -0.2) is 8.42 Å². The van der Waals surface area contributed by atoms with E-state index < -0.39 is 26.4 Å². The summed E-state index contributed by atoms with van der Waals surface area (Å²) in [7, 11) is -3.61. The highest BCUT2D eigenvalue weighted by Gasteiger charge is 2.25. The molecule has 11 heteroatoms. The quantitative estimate of drug-likeness (QED) is 0.587. The molecule has 1 amide bonds. The average molecular weight is 311 g/mol. The molecule has 0 fully saturated rings. The zero-order valence-corrected chi connectivity index (χ0v) is 11.4. The molecular formula is C10H9N5O5S. The highest BCUT2D eigenvalue weighted by atomic mass is 32.2. The Hall–Kier alpha value is -2.82. The predicted molar refractivity (Wildman–Crippen MR) is 70.1 cm³/mol. The number of carbonyl (C=O) groups excluding carboxylic acids is 1. The number of hydrogen-bond acceptors (Lipinski definition) is 7. The van der Waals surface area contributed by atoms with Gasteiger partial charge in [-0.3, -0.25) is 14.9 Å². The first kappa shape index (κ1) is 14.6. The molecule has 3 N–H and O–H groups in total. The molecule has 0 saturated heterocycles. The van der Waals surface area contributed by atoms with Gasteiger partial charge < -0.3 is 5.73 Å². The standard InChI is InChI=1S/C10H9N5O5S/c1-21(19,20)5-2-3-6(7(4-5)15(17)18)8-9(10(11)16)13-14-12-8/h2-4H,1H3,(H2,11,16)(H,12,13,14). The number of H-pyrrole nitrogens is 1. The lowest BCUT2D eigenvalue weighted by Crippen LogP contribution is -2.13. The van der Waals surface area contributed by atoms with Crippen LogP contribution in [0.1, 0.15) is 10.5 Å². The second-order valence-electron chi connectivity index (χ2n) is 4.09. The highest BCUT2D eigenvalue weighted by Crippen LogP contribution is 2.32. The summed E-state index contributed by atoms with van der Waals surface area (Å²) >= 11 is 0. The molecule has 0 aliphatic heterocycles. The van der Waals surface area contributed by atoms with Crippen LogP contribution in [0.5, 0.6) is 0 Å². The third-order valence-electron chi connectivity index (χ3n) is 2.63. The maximum absolute atomic E-state index is 11.4. The van der Waals surface area contributed by atoms with Crippen molar-refractivity contribution in [3.8, 4) is 11.3 Å². The number of amides is 1. The summed E-state index contributed by atoms with van der Waals surface area (Å²) in [6.45, 7) is 0. The Labute approximate surface area is 118 Å². The topological polar surface area (TPSA) is 162 Å². The molecule has 1 aromatic carbocycles. The van der Waals surface area contributed by atoms with Crippen molar-refractivity contribution in [2.75, 3.05) is 6.26 Å². The van der Waals surface area contributed by atoms with Crippen LogP contribution in [0.4, 0.5) is 5.69 Å². The number of aromatic nitrogens is 3. The van der Waals surface area contributed by atoms with E-state index in [4.69, 9.17) is 5.73 Å². The lowest BCUT2D eigenvalue weighted by Gasteiger charge is -2.03. The van der Waals surface area contributed by atoms with Gasteiger partial charge in [0, 0.05) is 12.3 Å². The fraction of sp³-hybridized carbons (Fsp3) is 0.100. The zero-order valence-electron chi connectivity index (χ0n) is 10.6. The van der Waals surface area contributed by atoms with Crippen molar-refractivity contribution >= 4 is 21.4 Å². The van der Waals surface area contributed by atoms with Gasteiger partial charge in [0.15, 0.2) is 15.5 Å². The van der Waals surface area contributed by atoms with Crippen molar-refractivity contribution in [3.63, 3.8) is 0 Å². The van der Waals surface area contributed by atoms with E-state index in [-0.39, 0.29) is 21.8 Å². The molecule has 0 radical (unpaired) electrons. The van der Waals surface area contributed by atoms with Crippen LogP contribution in [0, 0.1) is 10.1 Å². The fourth-order valence-corrected chi connectivity index (χ4v) is 2.32. The molecule has 0 saturated carbocycles. The minimum Gasteiger partial charge on any atom is -0.364 e. The maximum atomic E-state index is 11.4. The Bertz CT molecular complexity index is 841. The van der Waals surface area contributed by atoms with E-state index in [1.54, 1.807) is 0 Å². The fourth-order valence-electron chi connectivity index (χ4n) is 1.68. The molecule has 1 heterocycles. The molecule has 21 heavy (non-hydrogen) atoms. The van der Waals surface area contributed by atoms with Gasteiger partial charge >= 0.3 is 0 Å². The van der Waals surface area contributed by atoms with Gasteiger partial charge in [0.25, 0.3) is 11.6 Å². The molecule has 0 aliphatic rings. The Morgan fingerprint density at radius 1 is 1.38 bits per heavy atom. The lowest BCUT2D eigenvalue weighted by atomic mass is 10.1. The zero-order chi connectivity index (χ0) is 15.8. The van der Waals surface area contributed by atoms with E-state index in [0.717, 1.165) is 12.3 Å².